The maximum Gasteiger partial charge on any atom is 0.279 e. The lowest BCUT2D eigenvalue weighted by molar-refractivity contribution is -0.143. The molecule has 2 heterocycles. The van der Waals surface area contributed by atoms with E-state index in [-0.39, 0.29) is 6.04 Å². The van der Waals surface area contributed by atoms with Gasteiger partial charge in [0.1, 0.15) is 11.6 Å². The number of nitrogens with zero attached hydrogens (tertiary/aromatic N) is 2. The van der Waals surface area contributed by atoms with Gasteiger partial charge in [-0.05, 0) is 52.3 Å². The third kappa shape index (κ3) is 2.97. The molecule has 1 aromatic heterocycles. The number of nitrogens with one attached hydrogen (secondary N) is 2. The summed E-state index contributed by atoms with van der Waals surface area (Å²) in [5.41, 5.74) is 0.678. The lowest BCUT2D eigenvalue weighted by atomic mass is 10.0. The number of amides is 2. The zero-order chi connectivity index (χ0) is 18.4. The topological polar surface area (TPSA) is 85.3 Å². The molecule has 7 nitrogen and oxygen atoms in total. The zero-order valence-electron chi connectivity index (χ0n) is 15.0. The summed E-state index contributed by atoms with van der Waals surface area (Å²) >= 11 is 0. The second-order valence-electron chi connectivity index (χ2n) is 6.75. The molecule has 1 unspecified atom stereocenters. The Morgan fingerprint density at radius 3 is 2.72 bits per heavy atom. The van der Waals surface area contributed by atoms with Crippen LogP contribution in [0.2, 0.25) is 0 Å². The van der Waals surface area contributed by atoms with E-state index >= 15 is 0 Å². The van der Waals surface area contributed by atoms with E-state index in [1.807, 2.05) is 39.8 Å². The zero-order valence-corrected chi connectivity index (χ0v) is 15.0. The second-order valence-corrected chi connectivity index (χ2v) is 6.75. The smallest absolute Gasteiger partial charge is 0.279 e. The predicted octanol–water partition coefficient (Wildman–Crippen LogP) is 2.81. The highest BCUT2D eigenvalue weighted by molar-refractivity contribution is 6.18. The van der Waals surface area contributed by atoms with E-state index in [0.717, 1.165) is 11.3 Å². The highest BCUT2D eigenvalue weighted by atomic mass is 16.5. The molecule has 1 aliphatic heterocycles. The van der Waals surface area contributed by atoms with Crippen LogP contribution >= 0.6 is 0 Å². The number of aryl methyl sites for hydroxylation is 2. The number of aromatic nitrogens is 2. The van der Waals surface area contributed by atoms with Gasteiger partial charge >= 0.3 is 0 Å². The fraction of sp³-hybridized carbons (Fsp3) is 0.389. The maximum absolute atomic E-state index is 12.8. The first-order valence-corrected chi connectivity index (χ1v) is 8.19. The molecule has 0 saturated carbocycles. The van der Waals surface area contributed by atoms with Crippen molar-refractivity contribution >= 4 is 23.3 Å². The summed E-state index contributed by atoms with van der Waals surface area (Å²) in [6, 6.07) is 7.26. The summed E-state index contributed by atoms with van der Waals surface area (Å²) in [5.74, 6) is -0.0466. The minimum Gasteiger partial charge on any atom is -0.466 e. The number of rotatable bonds is 3. The summed E-state index contributed by atoms with van der Waals surface area (Å²) in [6.07, 6.45) is 0. The van der Waals surface area contributed by atoms with Crippen LogP contribution in [0.25, 0.3) is 0 Å². The Kier molecular flexibility index (Phi) is 4.02. The van der Waals surface area contributed by atoms with Crippen LogP contribution in [0.15, 0.2) is 24.3 Å². The summed E-state index contributed by atoms with van der Waals surface area (Å²) in [6.45, 7) is 9.16. The molecular weight excluding hydrogens is 320 g/mol. The number of hydrogen-bond donors (Lipinski definition) is 2. The Morgan fingerprint density at radius 2 is 2.04 bits per heavy atom. The summed E-state index contributed by atoms with van der Waals surface area (Å²) in [4.78, 5) is 25.3. The van der Waals surface area contributed by atoms with Crippen LogP contribution in [-0.4, -0.2) is 27.2 Å². The normalized spacial score (nSPS) is 19.2. The Labute approximate surface area is 146 Å². The minimum atomic E-state index is -1.66. The van der Waals surface area contributed by atoms with Crippen LogP contribution in [0.3, 0.4) is 0 Å². The Balaban J connectivity index is 1.89. The number of ether oxygens (including phenoxy) is 1. The molecule has 0 saturated heterocycles. The second kappa shape index (κ2) is 5.91. The molecule has 2 amide bonds. The van der Waals surface area contributed by atoms with Crippen molar-refractivity contribution in [3.05, 3.63) is 35.5 Å². The van der Waals surface area contributed by atoms with Crippen LogP contribution in [0.5, 0.6) is 5.75 Å². The van der Waals surface area contributed by atoms with Crippen LogP contribution in [0, 0.1) is 13.8 Å². The third-order valence-electron chi connectivity index (χ3n) is 4.15. The lowest BCUT2D eigenvalue weighted by Crippen LogP contribution is -2.56. The lowest BCUT2D eigenvalue weighted by Gasteiger charge is -2.33. The van der Waals surface area contributed by atoms with Gasteiger partial charge in [-0.25, -0.2) is 4.68 Å². The number of carbonyl (C=O) groups excluding carboxylic acids is 2. The number of hydrogen-bond acceptors (Lipinski definition) is 4. The van der Waals surface area contributed by atoms with Crippen molar-refractivity contribution in [3.8, 4) is 5.75 Å². The van der Waals surface area contributed by atoms with Gasteiger partial charge in [0.25, 0.3) is 17.4 Å². The summed E-state index contributed by atoms with van der Waals surface area (Å²) in [7, 11) is 0. The van der Waals surface area contributed by atoms with E-state index in [1.165, 1.54) is 6.92 Å². The average Bonchev–Trinajstić information content (AvgIpc) is 2.89. The van der Waals surface area contributed by atoms with Gasteiger partial charge in [-0.3, -0.25) is 9.59 Å². The van der Waals surface area contributed by atoms with Crippen LogP contribution in [0.4, 0.5) is 11.5 Å². The number of anilines is 2. The molecule has 25 heavy (non-hydrogen) atoms. The standard InChI is InChI=1S/C18H22N4O3/c1-10(2)22-15(9-12(4)21-22)20-17(24)18(5)16(23)19-13-8-11(3)6-7-14(13)25-18/h6-10H,1-5H3,(H,19,23)(H,20,24). The molecule has 0 spiro atoms. The highest BCUT2D eigenvalue weighted by Gasteiger charge is 2.47. The van der Waals surface area contributed by atoms with Crippen molar-refractivity contribution in [2.24, 2.45) is 0 Å². The SMILES string of the molecule is Cc1ccc2c(c1)NC(=O)C(C)(C(=O)Nc1cc(C)nn1C(C)C)O2. The first-order chi connectivity index (χ1) is 11.7. The molecule has 0 radical (unpaired) electrons. The van der Waals surface area contributed by atoms with Gasteiger partial charge in [-0.2, -0.15) is 5.10 Å². The molecular formula is C18H22N4O3. The van der Waals surface area contributed by atoms with E-state index < -0.39 is 17.4 Å². The van der Waals surface area contributed by atoms with E-state index in [0.29, 0.717) is 17.3 Å². The minimum absolute atomic E-state index is 0.0709. The monoisotopic (exact) mass is 342 g/mol. The maximum atomic E-state index is 12.8. The van der Waals surface area contributed by atoms with Gasteiger partial charge in [0, 0.05) is 12.1 Å². The number of benzene rings is 1. The fourth-order valence-corrected chi connectivity index (χ4v) is 2.73. The molecule has 1 aromatic carbocycles. The predicted molar refractivity (Wildman–Crippen MR) is 94.8 cm³/mol. The van der Waals surface area contributed by atoms with Crippen molar-refractivity contribution in [2.75, 3.05) is 10.6 Å². The molecule has 2 aromatic rings. The highest BCUT2D eigenvalue weighted by Crippen LogP contribution is 2.35. The molecule has 1 atom stereocenters. The van der Waals surface area contributed by atoms with Crippen molar-refractivity contribution in [1.82, 2.24) is 9.78 Å². The molecule has 2 N–H and O–H groups in total. The van der Waals surface area contributed by atoms with Crippen molar-refractivity contribution < 1.29 is 14.3 Å². The Bertz CT molecular complexity index is 856. The Morgan fingerprint density at radius 1 is 1.32 bits per heavy atom. The van der Waals surface area contributed by atoms with E-state index in [2.05, 4.69) is 15.7 Å². The quantitative estimate of drug-likeness (QED) is 0.840. The van der Waals surface area contributed by atoms with E-state index in [9.17, 15) is 9.59 Å². The molecule has 132 valence electrons. The molecule has 1 aliphatic rings. The van der Waals surface area contributed by atoms with Gasteiger partial charge in [0.2, 0.25) is 0 Å². The molecule has 7 heteroatoms. The number of fused-ring (bicyclic) bond motifs is 1. The third-order valence-corrected chi connectivity index (χ3v) is 4.15. The largest absolute Gasteiger partial charge is 0.466 e. The van der Waals surface area contributed by atoms with Crippen molar-refractivity contribution in [2.45, 2.75) is 46.3 Å². The number of carbonyl (C=O) groups is 2. The van der Waals surface area contributed by atoms with Gasteiger partial charge in [-0.1, -0.05) is 6.07 Å². The fourth-order valence-electron chi connectivity index (χ4n) is 2.73. The summed E-state index contributed by atoms with van der Waals surface area (Å²) < 4.78 is 7.48. The van der Waals surface area contributed by atoms with E-state index in [4.69, 9.17) is 4.74 Å². The van der Waals surface area contributed by atoms with Gasteiger partial charge in [-0.15, -0.1) is 0 Å². The van der Waals surface area contributed by atoms with Crippen LogP contribution in [-0.2, 0) is 9.59 Å². The first-order valence-electron chi connectivity index (χ1n) is 8.19. The average molecular weight is 342 g/mol. The van der Waals surface area contributed by atoms with Gasteiger partial charge in [0.15, 0.2) is 0 Å². The molecule has 0 aliphatic carbocycles. The Hall–Kier alpha value is -2.83. The first kappa shape index (κ1) is 17.0. The van der Waals surface area contributed by atoms with Crippen LogP contribution in [0.1, 0.15) is 38.1 Å². The van der Waals surface area contributed by atoms with E-state index in [1.54, 1.807) is 16.8 Å². The van der Waals surface area contributed by atoms with Gasteiger partial charge in [0.05, 0.1) is 11.4 Å². The van der Waals surface area contributed by atoms with Crippen molar-refractivity contribution in [1.29, 1.82) is 0 Å². The van der Waals surface area contributed by atoms with Gasteiger partial charge < -0.3 is 15.4 Å². The van der Waals surface area contributed by atoms with Crippen LogP contribution < -0.4 is 15.4 Å². The molecule has 0 bridgehead atoms. The molecule has 3 rings (SSSR count). The summed E-state index contributed by atoms with van der Waals surface area (Å²) in [5, 5.41) is 9.88. The van der Waals surface area contributed by atoms with Crippen molar-refractivity contribution in [3.63, 3.8) is 0 Å². The molecule has 0 fully saturated rings.